The average Bonchev–Trinajstić information content (AvgIpc) is 2.80. The smallest absolute Gasteiger partial charge is 0.174 e. The van der Waals surface area contributed by atoms with Gasteiger partial charge in [-0.2, -0.15) is 0 Å². The van der Waals surface area contributed by atoms with E-state index in [0.29, 0.717) is 6.42 Å². The number of hydrogen-bond acceptors (Lipinski definition) is 3. The van der Waals surface area contributed by atoms with Crippen LogP contribution in [-0.4, -0.2) is 25.4 Å². The van der Waals surface area contributed by atoms with Crippen molar-refractivity contribution in [3.05, 3.63) is 80.4 Å². The van der Waals surface area contributed by atoms with Crippen LogP contribution >= 0.6 is 0 Å². The molecule has 3 nitrogen and oxygen atoms in total. The summed E-state index contributed by atoms with van der Waals surface area (Å²) in [5.74, 6) is 0. The maximum Gasteiger partial charge on any atom is 0.174 e. The molecular formula is C36H60O3S. The summed E-state index contributed by atoms with van der Waals surface area (Å²) < 4.78 is 26.3. The van der Waals surface area contributed by atoms with Crippen molar-refractivity contribution in [1.82, 2.24) is 0 Å². The van der Waals surface area contributed by atoms with Gasteiger partial charge in [0.15, 0.2) is 9.84 Å². The van der Waals surface area contributed by atoms with Gasteiger partial charge in [0.25, 0.3) is 0 Å². The van der Waals surface area contributed by atoms with E-state index >= 15 is 0 Å². The van der Waals surface area contributed by atoms with E-state index in [0.717, 1.165) is 50.5 Å². The zero-order chi connectivity index (χ0) is 30.9. The number of hydrogen-bond donors (Lipinski definition) is 1. The van der Waals surface area contributed by atoms with E-state index in [1.165, 1.54) is 39.7 Å². The molecule has 0 bridgehead atoms. The SMILES string of the molecule is CC(C)=CCCC(C)=CCCC(C)=CCC(O)(CC=C(C)CCC=C(C)C)C(=C(C)CCC=C(C)C)S(C)(=O)=O. The predicted molar refractivity (Wildman–Crippen MR) is 178 cm³/mol. The van der Waals surface area contributed by atoms with Crippen molar-refractivity contribution in [3.8, 4) is 0 Å². The molecule has 40 heavy (non-hydrogen) atoms. The van der Waals surface area contributed by atoms with E-state index < -0.39 is 15.4 Å². The Morgan fingerprint density at radius 2 is 0.875 bits per heavy atom. The van der Waals surface area contributed by atoms with Crippen LogP contribution in [0.2, 0.25) is 0 Å². The van der Waals surface area contributed by atoms with E-state index in [9.17, 15) is 13.5 Å². The summed E-state index contributed by atoms with van der Waals surface area (Å²) in [6.45, 7) is 20.7. The molecule has 0 radical (unpaired) electrons. The highest BCUT2D eigenvalue weighted by molar-refractivity contribution is 7.94. The average molecular weight is 573 g/mol. The van der Waals surface area contributed by atoms with Gasteiger partial charge in [0.05, 0.1) is 4.91 Å². The lowest BCUT2D eigenvalue weighted by Crippen LogP contribution is -2.35. The van der Waals surface area contributed by atoms with Crippen molar-refractivity contribution in [2.24, 2.45) is 0 Å². The lowest BCUT2D eigenvalue weighted by molar-refractivity contribution is 0.0906. The van der Waals surface area contributed by atoms with Gasteiger partial charge in [0.1, 0.15) is 5.60 Å². The zero-order valence-corrected chi connectivity index (χ0v) is 28.5. The van der Waals surface area contributed by atoms with Crippen LogP contribution in [0.5, 0.6) is 0 Å². The lowest BCUT2D eigenvalue weighted by atomic mass is 9.89. The summed E-state index contributed by atoms with van der Waals surface area (Å²) in [5, 5.41) is 12.1. The molecule has 4 heteroatoms. The van der Waals surface area contributed by atoms with Crippen molar-refractivity contribution >= 4 is 9.84 Å². The first-order valence-corrected chi connectivity index (χ1v) is 16.9. The molecule has 0 aliphatic carbocycles. The van der Waals surface area contributed by atoms with Crippen LogP contribution in [0, 0.1) is 0 Å². The largest absolute Gasteiger partial charge is 0.384 e. The van der Waals surface area contributed by atoms with Crippen LogP contribution in [-0.2, 0) is 9.84 Å². The van der Waals surface area contributed by atoms with Crippen molar-refractivity contribution in [2.45, 2.75) is 139 Å². The normalized spacial score (nSPS) is 15.2. The van der Waals surface area contributed by atoms with Gasteiger partial charge >= 0.3 is 0 Å². The second-order valence-corrected chi connectivity index (χ2v) is 14.4. The maximum atomic E-state index is 13.1. The molecule has 228 valence electrons. The van der Waals surface area contributed by atoms with Gasteiger partial charge in [0.2, 0.25) is 0 Å². The molecular weight excluding hydrogens is 512 g/mol. The summed E-state index contributed by atoms with van der Waals surface area (Å²) >= 11 is 0. The Hall–Kier alpha value is -1.91. The maximum absolute atomic E-state index is 13.1. The monoisotopic (exact) mass is 572 g/mol. The third-order valence-corrected chi connectivity index (χ3v) is 8.51. The van der Waals surface area contributed by atoms with Gasteiger partial charge in [0, 0.05) is 6.26 Å². The van der Waals surface area contributed by atoms with Gasteiger partial charge in [-0.3, -0.25) is 0 Å². The van der Waals surface area contributed by atoms with Crippen LogP contribution < -0.4 is 0 Å². The Morgan fingerprint density at radius 3 is 1.23 bits per heavy atom. The molecule has 0 aliphatic heterocycles. The van der Waals surface area contributed by atoms with Crippen LogP contribution in [0.25, 0.3) is 0 Å². The summed E-state index contributed by atoms with van der Waals surface area (Å²) in [6, 6.07) is 0. The van der Waals surface area contributed by atoms with E-state index in [2.05, 4.69) is 72.8 Å². The zero-order valence-electron chi connectivity index (χ0n) is 27.7. The van der Waals surface area contributed by atoms with Crippen LogP contribution in [0.1, 0.15) is 133 Å². The third-order valence-electron chi connectivity index (χ3n) is 7.04. The van der Waals surface area contributed by atoms with Crippen molar-refractivity contribution < 1.29 is 13.5 Å². The molecule has 0 aromatic rings. The molecule has 0 saturated heterocycles. The highest BCUT2D eigenvalue weighted by Gasteiger charge is 2.37. The quantitative estimate of drug-likeness (QED) is 0.166. The Bertz CT molecular complexity index is 1110. The molecule has 0 fully saturated rings. The fourth-order valence-electron chi connectivity index (χ4n) is 4.73. The minimum Gasteiger partial charge on any atom is -0.384 e. The van der Waals surface area contributed by atoms with Crippen molar-refractivity contribution in [3.63, 3.8) is 0 Å². The molecule has 0 aromatic heterocycles. The van der Waals surface area contributed by atoms with Crippen molar-refractivity contribution in [1.29, 1.82) is 0 Å². The molecule has 0 amide bonds. The second-order valence-electron chi connectivity index (χ2n) is 12.5. The number of rotatable bonds is 18. The number of sulfone groups is 1. The van der Waals surface area contributed by atoms with E-state index in [1.807, 2.05) is 32.9 Å². The molecule has 0 aromatic carbocycles. The molecule has 0 heterocycles. The Labute approximate surface area is 248 Å². The summed E-state index contributed by atoms with van der Waals surface area (Å²) in [5.41, 5.74) is 6.86. The molecule has 0 saturated carbocycles. The molecule has 0 spiro atoms. The molecule has 1 N–H and O–H groups in total. The summed E-state index contributed by atoms with van der Waals surface area (Å²) in [6.07, 6.45) is 22.0. The van der Waals surface area contributed by atoms with E-state index in [1.54, 1.807) is 0 Å². The highest BCUT2D eigenvalue weighted by atomic mass is 32.2. The topological polar surface area (TPSA) is 54.4 Å². The van der Waals surface area contributed by atoms with E-state index in [-0.39, 0.29) is 17.7 Å². The summed E-state index contributed by atoms with van der Waals surface area (Å²) in [4.78, 5) is 0.189. The first kappa shape index (κ1) is 38.1. The molecule has 1 atom stereocenters. The molecule has 1 unspecified atom stereocenters. The standard InChI is InChI=1S/C36H60O3S/c1-28(2)16-12-19-31(7)21-15-22-33(9)25-27-36(37,26-24-32(8)20-13-17-29(3)4)35(40(11,38)39)34(10)23-14-18-30(5)6/h16-18,21,24-25,37H,12-15,19-20,22-23,26-27H2,1-11H3. The molecule has 0 rings (SSSR count). The van der Waals surface area contributed by atoms with Crippen molar-refractivity contribution in [2.75, 3.05) is 6.26 Å². The van der Waals surface area contributed by atoms with Crippen LogP contribution in [0.15, 0.2) is 80.4 Å². The first-order chi connectivity index (χ1) is 18.5. The number of allylic oxidation sites excluding steroid dienone is 11. The molecule has 0 aliphatic rings. The predicted octanol–water partition coefficient (Wildman–Crippen LogP) is 10.7. The summed E-state index contributed by atoms with van der Waals surface area (Å²) in [7, 11) is -3.61. The van der Waals surface area contributed by atoms with Gasteiger partial charge in [-0.1, -0.05) is 75.5 Å². The highest BCUT2D eigenvalue weighted by Crippen LogP contribution is 2.35. The fraction of sp³-hybridized carbons (Fsp3) is 0.611. The number of aliphatic hydroxyl groups is 1. The lowest BCUT2D eigenvalue weighted by Gasteiger charge is -2.30. The first-order valence-electron chi connectivity index (χ1n) is 15.0. The minimum absolute atomic E-state index is 0.189. The van der Waals surface area contributed by atoms with Gasteiger partial charge in [-0.15, -0.1) is 0 Å². The van der Waals surface area contributed by atoms with Crippen LogP contribution in [0.3, 0.4) is 0 Å². The minimum atomic E-state index is -3.61. The van der Waals surface area contributed by atoms with Gasteiger partial charge < -0.3 is 5.11 Å². The Balaban J connectivity index is 6.06. The van der Waals surface area contributed by atoms with Crippen LogP contribution in [0.4, 0.5) is 0 Å². The Morgan fingerprint density at radius 1 is 0.550 bits per heavy atom. The third kappa shape index (κ3) is 17.7. The second kappa shape index (κ2) is 19.3. The Kier molecular flexibility index (Phi) is 18.3. The van der Waals surface area contributed by atoms with Gasteiger partial charge in [-0.05, 0) is 133 Å². The van der Waals surface area contributed by atoms with E-state index in [4.69, 9.17) is 0 Å². The fourth-order valence-corrected chi connectivity index (χ4v) is 6.33. The van der Waals surface area contributed by atoms with Gasteiger partial charge in [-0.25, -0.2) is 8.42 Å².